The lowest BCUT2D eigenvalue weighted by atomic mass is 10.0. The van der Waals surface area contributed by atoms with Gasteiger partial charge in [0.15, 0.2) is 0 Å². The van der Waals surface area contributed by atoms with Gasteiger partial charge in [0.05, 0.1) is 9.90 Å². The van der Waals surface area contributed by atoms with Crippen molar-refractivity contribution in [1.82, 2.24) is 0 Å². The van der Waals surface area contributed by atoms with E-state index in [1.165, 1.54) is 11.3 Å². The van der Waals surface area contributed by atoms with Crippen LogP contribution in [0.1, 0.15) is 9.67 Å². The third-order valence-corrected chi connectivity index (χ3v) is 5.57. The van der Waals surface area contributed by atoms with E-state index in [1.807, 2.05) is 30.3 Å². The molecule has 23 heavy (non-hydrogen) atoms. The van der Waals surface area contributed by atoms with Crippen molar-refractivity contribution in [1.29, 1.82) is 0 Å². The van der Waals surface area contributed by atoms with Crippen molar-refractivity contribution in [3.8, 4) is 21.6 Å². The number of carbonyl (C=O) groups is 1. The molecule has 0 saturated carbocycles. The van der Waals surface area contributed by atoms with E-state index in [4.69, 9.17) is 28.9 Å². The molecule has 2 N–H and O–H groups in total. The first-order chi connectivity index (χ1) is 11.0. The van der Waals surface area contributed by atoms with E-state index in [9.17, 15) is 4.79 Å². The topological polar surface area (TPSA) is 43.1 Å². The molecule has 2 nitrogen and oxygen atoms in total. The molecule has 0 aliphatic rings. The predicted octanol–water partition coefficient (Wildman–Crippen LogP) is 6.25. The Balaban J connectivity index is 2.22. The first-order valence-corrected chi connectivity index (χ1v) is 8.97. The summed E-state index contributed by atoms with van der Waals surface area (Å²) in [6.07, 6.45) is 0. The lowest BCUT2D eigenvalue weighted by molar-refractivity contribution is 0.100. The van der Waals surface area contributed by atoms with Gasteiger partial charge in [-0.3, -0.25) is 4.79 Å². The van der Waals surface area contributed by atoms with Gasteiger partial charge < -0.3 is 5.73 Å². The van der Waals surface area contributed by atoms with E-state index in [0.717, 1.165) is 26.0 Å². The number of amides is 1. The Morgan fingerprint density at radius 3 is 2.30 bits per heavy atom. The second kappa shape index (κ2) is 6.65. The number of hydrogen-bond acceptors (Lipinski definition) is 2. The average molecular weight is 427 g/mol. The summed E-state index contributed by atoms with van der Waals surface area (Å²) < 4.78 is 0.984. The lowest BCUT2D eigenvalue weighted by Crippen LogP contribution is -2.08. The highest BCUT2D eigenvalue weighted by Gasteiger charge is 2.17. The molecule has 1 heterocycles. The molecule has 0 radical (unpaired) electrons. The number of rotatable bonds is 3. The normalized spacial score (nSPS) is 10.7. The average Bonchev–Trinajstić information content (AvgIpc) is 2.93. The Morgan fingerprint density at radius 1 is 1.00 bits per heavy atom. The number of nitrogens with two attached hydrogens (primary N) is 1. The van der Waals surface area contributed by atoms with Crippen LogP contribution in [0.4, 0.5) is 0 Å². The molecular formula is C17H10BrCl2NOS. The third-order valence-electron chi connectivity index (χ3n) is 3.31. The van der Waals surface area contributed by atoms with E-state index in [1.54, 1.807) is 18.2 Å². The van der Waals surface area contributed by atoms with Crippen molar-refractivity contribution in [2.45, 2.75) is 0 Å². The van der Waals surface area contributed by atoms with Crippen LogP contribution in [0.3, 0.4) is 0 Å². The van der Waals surface area contributed by atoms with Crippen LogP contribution in [0.5, 0.6) is 0 Å². The maximum atomic E-state index is 11.6. The van der Waals surface area contributed by atoms with Gasteiger partial charge in [-0.1, -0.05) is 57.3 Å². The van der Waals surface area contributed by atoms with Gasteiger partial charge in [0.2, 0.25) is 0 Å². The summed E-state index contributed by atoms with van der Waals surface area (Å²) in [6.45, 7) is 0. The van der Waals surface area contributed by atoms with Crippen molar-refractivity contribution in [2.75, 3.05) is 0 Å². The smallest absolute Gasteiger partial charge is 0.258 e. The molecule has 3 aromatic rings. The molecule has 2 aromatic carbocycles. The van der Waals surface area contributed by atoms with Gasteiger partial charge in [-0.2, -0.15) is 0 Å². The maximum absolute atomic E-state index is 11.6. The summed E-state index contributed by atoms with van der Waals surface area (Å²) in [5, 5.41) is 1.10. The minimum atomic E-state index is -0.454. The Kier molecular flexibility index (Phi) is 4.78. The van der Waals surface area contributed by atoms with Crippen LogP contribution >= 0.6 is 50.5 Å². The molecule has 1 aromatic heterocycles. The van der Waals surface area contributed by atoms with Crippen LogP contribution in [0.25, 0.3) is 21.6 Å². The minimum absolute atomic E-state index is 0.454. The fourth-order valence-corrected chi connectivity index (χ4v) is 4.13. The number of carbonyl (C=O) groups excluding carboxylic acids is 1. The third kappa shape index (κ3) is 3.45. The van der Waals surface area contributed by atoms with Crippen LogP contribution in [0.2, 0.25) is 10.0 Å². The van der Waals surface area contributed by atoms with Gasteiger partial charge in [-0.05, 0) is 35.9 Å². The maximum Gasteiger partial charge on any atom is 0.258 e. The lowest BCUT2D eigenvalue weighted by Gasteiger charge is -2.07. The molecule has 0 unspecified atom stereocenters. The summed E-state index contributed by atoms with van der Waals surface area (Å²) in [7, 11) is 0. The molecule has 6 heteroatoms. The Labute approximate surface area is 156 Å². The quantitative estimate of drug-likeness (QED) is 0.528. The minimum Gasteiger partial charge on any atom is -0.365 e. The fourth-order valence-electron chi connectivity index (χ4n) is 2.23. The number of halogens is 3. The van der Waals surface area contributed by atoms with Gasteiger partial charge in [0, 0.05) is 25.5 Å². The van der Waals surface area contributed by atoms with Crippen LogP contribution in [0, 0.1) is 0 Å². The second-order valence-corrected chi connectivity index (χ2v) is 7.66. The first kappa shape index (κ1) is 16.5. The molecule has 0 fully saturated rings. The monoisotopic (exact) mass is 425 g/mol. The zero-order chi connectivity index (χ0) is 16.6. The summed E-state index contributed by atoms with van der Waals surface area (Å²) in [6, 6.07) is 15.0. The van der Waals surface area contributed by atoms with E-state index in [0.29, 0.717) is 14.9 Å². The van der Waals surface area contributed by atoms with E-state index < -0.39 is 5.91 Å². The van der Waals surface area contributed by atoms with Gasteiger partial charge in [0.1, 0.15) is 0 Å². The molecular weight excluding hydrogens is 417 g/mol. The van der Waals surface area contributed by atoms with Gasteiger partial charge in [-0.15, -0.1) is 11.3 Å². The zero-order valence-corrected chi connectivity index (χ0v) is 15.6. The van der Waals surface area contributed by atoms with E-state index in [2.05, 4.69) is 15.9 Å². The number of primary amides is 1. The molecule has 0 aliphatic heterocycles. The van der Waals surface area contributed by atoms with Crippen LogP contribution < -0.4 is 5.73 Å². The standard InChI is InChI=1S/C17H10BrCl2NOS/c18-10-3-1-9(2-4-10)13-8-15(17(21)22)23-16(13)12-6-5-11(19)7-14(12)20/h1-8H,(H2,21,22). The summed E-state index contributed by atoms with van der Waals surface area (Å²) in [4.78, 5) is 13.0. The molecule has 0 aliphatic carbocycles. The molecule has 3 rings (SSSR count). The SMILES string of the molecule is NC(=O)c1cc(-c2ccc(Br)cc2)c(-c2ccc(Cl)cc2Cl)s1. The van der Waals surface area contributed by atoms with Gasteiger partial charge in [-0.25, -0.2) is 0 Å². The highest BCUT2D eigenvalue weighted by atomic mass is 79.9. The van der Waals surface area contributed by atoms with Crippen LogP contribution in [0.15, 0.2) is 53.0 Å². The Bertz CT molecular complexity index is 890. The van der Waals surface area contributed by atoms with Crippen LogP contribution in [-0.4, -0.2) is 5.91 Å². The molecule has 0 spiro atoms. The van der Waals surface area contributed by atoms with Crippen molar-refractivity contribution in [2.24, 2.45) is 5.73 Å². The highest BCUT2D eigenvalue weighted by Crippen LogP contribution is 2.42. The highest BCUT2D eigenvalue weighted by molar-refractivity contribution is 9.10. The zero-order valence-electron chi connectivity index (χ0n) is 11.6. The molecule has 0 bridgehead atoms. The Morgan fingerprint density at radius 2 is 1.70 bits per heavy atom. The molecule has 116 valence electrons. The molecule has 1 amide bonds. The largest absolute Gasteiger partial charge is 0.365 e. The number of thiophene rings is 1. The summed E-state index contributed by atoms with van der Waals surface area (Å²) in [5.41, 5.74) is 8.18. The van der Waals surface area contributed by atoms with Crippen LogP contribution in [-0.2, 0) is 0 Å². The second-order valence-electron chi connectivity index (χ2n) is 4.85. The molecule has 0 saturated heterocycles. The van der Waals surface area contributed by atoms with Crippen molar-refractivity contribution >= 4 is 56.4 Å². The van der Waals surface area contributed by atoms with Gasteiger partial charge in [0.25, 0.3) is 5.91 Å². The van der Waals surface area contributed by atoms with Crippen molar-refractivity contribution in [3.05, 3.63) is 67.9 Å². The fraction of sp³-hybridized carbons (Fsp3) is 0. The molecule has 0 atom stereocenters. The van der Waals surface area contributed by atoms with Gasteiger partial charge >= 0.3 is 0 Å². The Hall–Kier alpha value is -1.33. The van der Waals surface area contributed by atoms with Crippen molar-refractivity contribution in [3.63, 3.8) is 0 Å². The summed E-state index contributed by atoms with van der Waals surface area (Å²) >= 11 is 17.1. The predicted molar refractivity (Wildman–Crippen MR) is 101 cm³/mol. The summed E-state index contributed by atoms with van der Waals surface area (Å²) in [5.74, 6) is -0.454. The number of hydrogen-bond donors (Lipinski definition) is 1. The number of benzene rings is 2. The first-order valence-electron chi connectivity index (χ1n) is 6.60. The van der Waals surface area contributed by atoms with E-state index >= 15 is 0 Å². The van der Waals surface area contributed by atoms with Crippen molar-refractivity contribution < 1.29 is 4.79 Å². The van der Waals surface area contributed by atoms with E-state index in [-0.39, 0.29) is 0 Å².